The molecule has 0 fully saturated rings. The van der Waals surface area contributed by atoms with E-state index in [4.69, 9.17) is 0 Å². The molecule has 0 aliphatic rings. The third kappa shape index (κ3) is 4.28. The van der Waals surface area contributed by atoms with Crippen LogP contribution in [0, 0.1) is 13.8 Å². The first kappa shape index (κ1) is 19.8. The van der Waals surface area contributed by atoms with Crippen LogP contribution in [-0.2, 0) is 6.54 Å². The van der Waals surface area contributed by atoms with Crippen molar-refractivity contribution in [3.8, 4) is 17.0 Å². The van der Waals surface area contributed by atoms with Crippen LogP contribution in [0.4, 0.5) is 13.9 Å². The third-order valence-corrected chi connectivity index (χ3v) is 4.99. The zero-order chi connectivity index (χ0) is 20.3. The van der Waals surface area contributed by atoms with Gasteiger partial charge < -0.3 is 9.30 Å². The smallest absolute Gasteiger partial charge is 0.387 e. The molecular weight excluding hydrogens is 384 g/mol. The molecule has 0 atom stereocenters. The molecule has 2 heterocycles. The van der Waals surface area contributed by atoms with Crippen LogP contribution in [-0.4, -0.2) is 22.1 Å². The Morgan fingerprint density at radius 2 is 2.07 bits per heavy atom. The number of hydrogen-bond donors (Lipinski definition) is 1. The second-order valence-electron chi connectivity index (χ2n) is 6.08. The van der Waals surface area contributed by atoms with Gasteiger partial charge in [-0.2, -0.15) is 8.78 Å². The number of thiazole rings is 1. The topological polar surface area (TPSA) is 56.2 Å². The van der Waals surface area contributed by atoms with Crippen LogP contribution >= 0.6 is 11.3 Å². The second-order valence-corrected chi connectivity index (χ2v) is 6.94. The minimum atomic E-state index is -2.90. The highest BCUT2D eigenvalue weighted by atomic mass is 32.1. The van der Waals surface area contributed by atoms with E-state index < -0.39 is 6.61 Å². The fraction of sp³-hybridized carbons (Fsp3) is 0.200. The van der Waals surface area contributed by atoms with Crippen LogP contribution < -0.4 is 10.1 Å². The van der Waals surface area contributed by atoms with E-state index in [1.54, 1.807) is 0 Å². The number of ether oxygens (including phenoxy) is 1. The standard InChI is InChI=1S/C20H19F2N3O2S/c1-4-9-25-12(2)10-16(13(25)3)17-11-28-20(23-17)24-18(26)14-5-7-15(8-6-14)27-19(21)22/h4-8,10-11,19H,1,9H2,2-3H3,(H,23,24,26). The van der Waals surface area contributed by atoms with E-state index in [1.807, 2.05) is 25.3 Å². The van der Waals surface area contributed by atoms with Crippen molar-refractivity contribution in [1.29, 1.82) is 0 Å². The predicted molar refractivity (Wildman–Crippen MR) is 106 cm³/mol. The van der Waals surface area contributed by atoms with Gasteiger partial charge in [0, 0.05) is 34.4 Å². The molecule has 0 radical (unpaired) electrons. The summed E-state index contributed by atoms with van der Waals surface area (Å²) in [7, 11) is 0. The lowest BCUT2D eigenvalue weighted by atomic mass is 10.2. The maximum atomic E-state index is 12.4. The summed E-state index contributed by atoms with van der Waals surface area (Å²) in [4.78, 5) is 16.9. The van der Waals surface area contributed by atoms with E-state index in [0.717, 1.165) is 29.2 Å². The number of nitrogens with one attached hydrogen (secondary N) is 1. The van der Waals surface area contributed by atoms with Gasteiger partial charge >= 0.3 is 6.61 Å². The number of nitrogens with zero attached hydrogens (tertiary/aromatic N) is 2. The molecule has 0 bridgehead atoms. The minimum absolute atomic E-state index is 0.00188. The monoisotopic (exact) mass is 403 g/mol. The van der Waals surface area contributed by atoms with Gasteiger partial charge in [0.05, 0.1) is 5.69 Å². The molecular formula is C20H19F2N3O2S. The largest absolute Gasteiger partial charge is 0.435 e. The Hall–Kier alpha value is -3.00. The predicted octanol–water partition coefficient (Wildman–Crippen LogP) is 5.27. The highest BCUT2D eigenvalue weighted by Gasteiger charge is 2.15. The van der Waals surface area contributed by atoms with Crippen LogP contribution in [0.2, 0.25) is 0 Å². The van der Waals surface area contributed by atoms with Gasteiger partial charge in [-0.1, -0.05) is 6.08 Å². The molecule has 28 heavy (non-hydrogen) atoms. The maximum Gasteiger partial charge on any atom is 0.387 e. The summed E-state index contributed by atoms with van der Waals surface area (Å²) in [5, 5.41) is 5.07. The molecule has 146 valence electrons. The Kier molecular flexibility index (Phi) is 5.89. The lowest BCUT2D eigenvalue weighted by Crippen LogP contribution is -2.11. The summed E-state index contributed by atoms with van der Waals surface area (Å²) in [6.07, 6.45) is 1.84. The average molecular weight is 403 g/mol. The fourth-order valence-electron chi connectivity index (χ4n) is 2.88. The van der Waals surface area contributed by atoms with E-state index in [1.165, 1.54) is 35.6 Å². The molecule has 5 nitrogen and oxygen atoms in total. The molecule has 2 aromatic heterocycles. The SMILES string of the molecule is C=CCn1c(C)cc(-c2csc(NC(=O)c3ccc(OC(F)F)cc3)n2)c1C. The molecule has 1 N–H and O–H groups in total. The highest BCUT2D eigenvalue weighted by molar-refractivity contribution is 7.14. The number of aryl methyl sites for hydroxylation is 1. The molecule has 0 aliphatic carbocycles. The van der Waals surface area contributed by atoms with Gasteiger partial charge in [-0.15, -0.1) is 17.9 Å². The van der Waals surface area contributed by atoms with Crippen LogP contribution in [0.1, 0.15) is 21.7 Å². The summed E-state index contributed by atoms with van der Waals surface area (Å²) in [5.74, 6) is -0.375. The van der Waals surface area contributed by atoms with Crippen molar-refractivity contribution in [3.63, 3.8) is 0 Å². The Morgan fingerprint density at radius 1 is 1.36 bits per heavy atom. The number of alkyl halides is 2. The van der Waals surface area contributed by atoms with E-state index in [0.29, 0.717) is 10.7 Å². The lowest BCUT2D eigenvalue weighted by molar-refractivity contribution is -0.0498. The van der Waals surface area contributed by atoms with Crippen LogP contribution in [0.25, 0.3) is 11.3 Å². The number of aromatic nitrogens is 2. The Labute approximate surface area is 165 Å². The molecule has 0 aliphatic heterocycles. The molecule has 1 amide bonds. The van der Waals surface area contributed by atoms with Gasteiger partial charge in [0.25, 0.3) is 5.91 Å². The van der Waals surface area contributed by atoms with Crippen molar-refractivity contribution in [3.05, 3.63) is 65.3 Å². The number of rotatable bonds is 7. The fourth-order valence-corrected chi connectivity index (χ4v) is 3.59. The quantitative estimate of drug-likeness (QED) is 0.547. The second kappa shape index (κ2) is 8.35. The van der Waals surface area contributed by atoms with Crippen LogP contribution in [0.3, 0.4) is 0 Å². The molecule has 0 saturated heterocycles. The van der Waals surface area contributed by atoms with Gasteiger partial charge in [-0.05, 0) is 44.2 Å². The summed E-state index contributed by atoms with van der Waals surface area (Å²) >= 11 is 1.32. The van der Waals surface area contributed by atoms with Gasteiger partial charge in [0.15, 0.2) is 5.13 Å². The van der Waals surface area contributed by atoms with E-state index in [2.05, 4.69) is 32.3 Å². The van der Waals surface area contributed by atoms with Gasteiger partial charge in [0.2, 0.25) is 0 Å². The first-order chi connectivity index (χ1) is 13.4. The van der Waals surface area contributed by atoms with Crippen molar-refractivity contribution in [2.45, 2.75) is 27.0 Å². The van der Waals surface area contributed by atoms with Crippen LogP contribution in [0.5, 0.6) is 5.75 Å². The Balaban J connectivity index is 1.73. The van der Waals surface area contributed by atoms with E-state index in [-0.39, 0.29) is 11.7 Å². The van der Waals surface area contributed by atoms with Crippen molar-refractivity contribution >= 4 is 22.4 Å². The summed E-state index contributed by atoms with van der Waals surface area (Å²) in [5.41, 5.74) is 4.30. The van der Waals surface area contributed by atoms with Crippen molar-refractivity contribution in [1.82, 2.24) is 9.55 Å². The molecule has 8 heteroatoms. The first-order valence-corrected chi connectivity index (χ1v) is 9.36. The number of carbonyl (C=O) groups is 1. The molecule has 1 aromatic carbocycles. The average Bonchev–Trinajstić information content (AvgIpc) is 3.21. The van der Waals surface area contributed by atoms with Crippen molar-refractivity contribution in [2.24, 2.45) is 0 Å². The van der Waals surface area contributed by atoms with E-state index >= 15 is 0 Å². The minimum Gasteiger partial charge on any atom is -0.435 e. The zero-order valence-corrected chi connectivity index (χ0v) is 16.2. The zero-order valence-electron chi connectivity index (χ0n) is 15.4. The van der Waals surface area contributed by atoms with E-state index in [9.17, 15) is 13.6 Å². The van der Waals surface area contributed by atoms with Gasteiger partial charge in [-0.3, -0.25) is 10.1 Å². The summed E-state index contributed by atoms with van der Waals surface area (Å²) in [6.45, 7) is 5.64. The molecule has 0 saturated carbocycles. The third-order valence-electron chi connectivity index (χ3n) is 4.23. The number of benzene rings is 1. The van der Waals surface area contributed by atoms with Crippen molar-refractivity contribution in [2.75, 3.05) is 5.32 Å². The number of hydrogen-bond acceptors (Lipinski definition) is 4. The Bertz CT molecular complexity index is 994. The van der Waals surface area contributed by atoms with Gasteiger partial charge in [0.1, 0.15) is 5.75 Å². The maximum absolute atomic E-state index is 12.4. The highest BCUT2D eigenvalue weighted by Crippen LogP contribution is 2.30. The molecule has 3 rings (SSSR count). The molecule has 0 unspecified atom stereocenters. The Morgan fingerprint density at radius 3 is 2.71 bits per heavy atom. The van der Waals surface area contributed by atoms with Crippen LogP contribution in [0.15, 0.2) is 48.4 Å². The lowest BCUT2D eigenvalue weighted by Gasteiger charge is -2.06. The molecule has 3 aromatic rings. The molecule has 0 spiro atoms. The van der Waals surface area contributed by atoms with Crippen molar-refractivity contribution < 1.29 is 18.3 Å². The number of amides is 1. The van der Waals surface area contributed by atoms with Gasteiger partial charge in [-0.25, -0.2) is 4.98 Å². The summed E-state index contributed by atoms with van der Waals surface area (Å²) < 4.78 is 30.8. The first-order valence-electron chi connectivity index (χ1n) is 8.48. The number of carbonyl (C=O) groups excluding carboxylic acids is 1. The number of anilines is 1. The number of halogens is 2. The number of allylic oxidation sites excluding steroid dienone is 1. The summed E-state index contributed by atoms with van der Waals surface area (Å²) in [6, 6.07) is 7.54. The normalized spacial score (nSPS) is 10.9.